The van der Waals surface area contributed by atoms with Crippen molar-refractivity contribution in [3.63, 3.8) is 0 Å². The number of benzene rings is 3. The normalized spacial score (nSPS) is 15.8. The van der Waals surface area contributed by atoms with E-state index in [9.17, 15) is 18.8 Å². The van der Waals surface area contributed by atoms with Crippen LogP contribution in [0.1, 0.15) is 54.4 Å². The molecule has 5 heterocycles. The first-order valence-electron chi connectivity index (χ1n) is 17.6. The lowest BCUT2D eigenvalue weighted by Gasteiger charge is -2.53. The molecule has 12 heteroatoms. The summed E-state index contributed by atoms with van der Waals surface area (Å²) in [5.41, 5.74) is 4.96. The summed E-state index contributed by atoms with van der Waals surface area (Å²) in [6, 6.07) is 22.7. The number of ether oxygens (including phenoxy) is 2. The number of fused-ring (bicyclic) bond motifs is 3. The summed E-state index contributed by atoms with van der Waals surface area (Å²) in [4.78, 5) is 50.8. The van der Waals surface area contributed by atoms with Crippen LogP contribution in [0.3, 0.4) is 0 Å². The lowest BCUT2D eigenvalue weighted by molar-refractivity contribution is -0.000513. The number of hydrogen-bond acceptors (Lipinski definition) is 8. The fourth-order valence-electron chi connectivity index (χ4n) is 7.44. The Kier molecular flexibility index (Phi) is 9.17. The minimum atomic E-state index is -0.486. The van der Waals surface area contributed by atoms with Gasteiger partial charge in [0.1, 0.15) is 17.4 Å². The summed E-state index contributed by atoms with van der Waals surface area (Å²) in [5.74, 6) is -0.253. The minimum Gasteiger partial charge on any atom is -0.495 e. The van der Waals surface area contributed by atoms with Gasteiger partial charge in [-0.15, -0.1) is 11.3 Å². The Morgan fingerprint density at radius 2 is 1.72 bits per heavy atom. The molecule has 53 heavy (non-hydrogen) atoms. The molecule has 3 aliphatic heterocycles. The van der Waals surface area contributed by atoms with Crippen LogP contribution in [0.4, 0.5) is 27.3 Å². The summed E-state index contributed by atoms with van der Waals surface area (Å²) in [6.07, 6.45) is 4.16. The van der Waals surface area contributed by atoms with E-state index in [4.69, 9.17) is 9.47 Å². The van der Waals surface area contributed by atoms with Crippen LogP contribution < -0.4 is 25.2 Å². The summed E-state index contributed by atoms with van der Waals surface area (Å²) < 4.78 is 25.4. The average Bonchev–Trinajstić information content (AvgIpc) is 3.53. The van der Waals surface area contributed by atoms with Crippen molar-refractivity contribution in [3.8, 4) is 16.2 Å². The van der Waals surface area contributed by atoms with Crippen LogP contribution in [-0.2, 0) is 11.2 Å². The van der Waals surface area contributed by atoms with Crippen molar-refractivity contribution in [2.45, 2.75) is 26.2 Å². The van der Waals surface area contributed by atoms with Gasteiger partial charge in [-0.05, 0) is 85.8 Å². The highest BCUT2D eigenvalue weighted by Crippen LogP contribution is 2.44. The molecule has 3 amide bonds. The molecule has 2 saturated heterocycles. The Hall–Kier alpha value is -5.59. The molecule has 0 aliphatic carbocycles. The van der Waals surface area contributed by atoms with Gasteiger partial charge in [-0.25, -0.2) is 9.37 Å². The molecule has 3 aromatic carbocycles. The molecular formula is C41H38FN5O5S. The maximum Gasteiger partial charge on any atom is 0.265 e. The van der Waals surface area contributed by atoms with Gasteiger partial charge in [0.2, 0.25) is 0 Å². The maximum absolute atomic E-state index is 14.5. The lowest BCUT2D eigenvalue weighted by atomic mass is 9.73. The summed E-state index contributed by atoms with van der Waals surface area (Å²) in [5, 5.41) is 5.72. The van der Waals surface area contributed by atoms with E-state index in [1.54, 1.807) is 67.6 Å². The van der Waals surface area contributed by atoms with Crippen LogP contribution in [0.25, 0.3) is 10.4 Å². The number of rotatable bonds is 7. The number of anilines is 4. The zero-order valence-corrected chi connectivity index (χ0v) is 30.2. The van der Waals surface area contributed by atoms with E-state index in [0.717, 1.165) is 60.8 Å². The van der Waals surface area contributed by atoms with E-state index in [1.165, 1.54) is 17.4 Å². The van der Waals surface area contributed by atoms with Gasteiger partial charge in [-0.1, -0.05) is 30.3 Å². The van der Waals surface area contributed by atoms with Gasteiger partial charge in [0, 0.05) is 60.0 Å². The number of para-hydroxylation sites is 2. The number of halogens is 1. The molecule has 0 saturated carbocycles. The zero-order chi connectivity index (χ0) is 36.7. The van der Waals surface area contributed by atoms with Crippen molar-refractivity contribution < 1.29 is 28.2 Å². The van der Waals surface area contributed by atoms with Crippen LogP contribution in [0.2, 0.25) is 0 Å². The number of thiophene rings is 1. The summed E-state index contributed by atoms with van der Waals surface area (Å²) in [6.45, 7) is 5.31. The second kappa shape index (κ2) is 14.1. The first-order chi connectivity index (χ1) is 25.7. The molecule has 2 N–H and O–H groups in total. The fourth-order valence-corrected chi connectivity index (χ4v) is 8.58. The number of carbonyl (C=O) groups is 3. The van der Waals surface area contributed by atoms with Crippen LogP contribution in [0, 0.1) is 18.2 Å². The van der Waals surface area contributed by atoms with E-state index in [0.29, 0.717) is 51.8 Å². The number of methoxy groups -OCH3 is 1. The number of nitrogens with one attached hydrogen (secondary N) is 2. The smallest absolute Gasteiger partial charge is 0.265 e. The number of nitrogens with zero attached hydrogens (tertiary/aromatic N) is 3. The Morgan fingerprint density at radius 1 is 0.943 bits per heavy atom. The third-order valence-electron chi connectivity index (χ3n) is 10.4. The van der Waals surface area contributed by atoms with Crippen molar-refractivity contribution in [1.29, 1.82) is 0 Å². The molecule has 10 nitrogen and oxygen atoms in total. The number of aryl methyl sites for hydroxylation is 1. The number of hydrogen-bond donors (Lipinski definition) is 2. The summed E-state index contributed by atoms with van der Waals surface area (Å²) in [7, 11) is 1.55. The second-order valence-electron chi connectivity index (χ2n) is 13.8. The SMILES string of the molecule is COc1cnc(N2CC3(CCOCC3)C2)c(C(=O)Nc2ccc(C(=O)N3CCc4cc(C(=O)Nc5c(C)cccc5F)sc4-c4ccccc43)cc2)c1. The van der Waals surface area contributed by atoms with Crippen molar-refractivity contribution in [2.75, 3.05) is 60.4 Å². The quantitative estimate of drug-likeness (QED) is 0.177. The molecule has 1 spiro atoms. The molecule has 5 aromatic rings. The molecule has 8 rings (SSSR count). The monoisotopic (exact) mass is 731 g/mol. The third-order valence-corrected chi connectivity index (χ3v) is 11.6. The van der Waals surface area contributed by atoms with E-state index in [1.807, 2.05) is 30.3 Å². The molecule has 270 valence electrons. The molecular weight excluding hydrogens is 694 g/mol. The number of pyridine rings is 1. The second-order valence-corrected chi connectivity index (χ2v) is 14.9. The molecule has 0 bridgehead atoms. The average molecular weight is 732 g/mol. The molecule has 2 fully saturated rings. The van der Waals surface area contributed by atoms with Crippen LogP contribution >= 0.6 is 11.3 Å². The van der Waals surface area contributed by atoms with Crippen LogP contribution in [0.15, 0.2) is 85.1 Å². The highest BCUT2D eigenvalue weighted by molar-refractivity contribution is 7.17. The Morgan fingerprint density at radius 3 is 2.47 bits per heavy atom. The molecule has 0 unspecified atom stereocenters. The standard InChI is InChI=1S/C41H38FN5O5S/c1-25-6-5-8-32(42)35(25)45-39(49)34-20-27-14-17-47(33-9-4-3-7-30(33)36(27)53-34)40(50)26-10-12-28(13-11-26)44-38(48)31-21-29(51-2)22-43-37(31)46-23-41(24-46)15-18-52-19-16-41/h3-13,20-22H,14-19,23-24H2,1-2H3,(H,44,48)(H,45,49). The predicted molar refractivity (Wildman–Crippen MR) is 204 cm³/mol. The van der Waals surface area contributed by atoms with Crippen molar-refractivity contribution >= 4 is 51.9 Å². The van der Waals surface area contributed by atoms with E-state index >= 15 is 0 Å². The summed E-state index contributed by atoms with van der Waals surface area (Å²) >= 11 is 1.33. The van der Waals surface area contributed by atoms with E-state index in [-0.39, 0.29) is 28.8 Å². The van der Waals surface area contributed by atoms with Crippen molar-refractivity contribution in [3.05, 3.63) is 118 Å². The number of carbonyl (C=O) groups excluding carboxylic acids is 3. The highest BCUT2D eigenvalue weighted by atomic mass is 32.1. The highest BCUT2D eigenvalue weighted by Gasteiger charge is 2.45. The van der Waals surface area contributed by atoms with Crippen LogP contribution in [-0.4, -0.2) is 62.7 Å². The van der Waals surface area contributed by atoms with Gasteiger partial charge >= 0.3 is 0 Å². The van der Waals surface area contributed by atoms with Gasteiger partial charge in [0.15, 0.2) is 0 Å². The van der Waals surface area contributed by atoms with Gasteiger partial charge in [-0.3, -0.25) is 14.4 Å². The van der Waals surface area contributed by atoms with Gasteiger partial charge in [-0.2, -0.15) is 0 Å². The number of aromatic nitrogens is 1. The minimum absolute atomic E-state index is 0.168. The fraction of sp³-hybridized carbons (Fsp3) is 0.268. The Bertz CT molecular complexity index is 2200. The molecule has 0 atom stereocenters. The third kappa shape index (κ3) is 6.64. The first kappa shape index (κ1) is 34.5. The predicted octanol–water partition coefficient (Wildman–Crippen LogP) is 7.59. The van der Waals surface area contributed by atoms with Crippen molar-refractivity contribution in [2.24, 2.45) is 5.41 Å². The Balaban J connectivity index is 0.981. The number of amides is 3. The van der Waals surface area contributed by atoms with Gasteiger partial charge < -0.3 is 29.9 Å². The maximum atomic E-state index is 14.5. The van der Waals surface area contributed by atoms with Gasteiger partial charge in [0.05, 0.1) is 35.1 Å². The molecule has 3 aliphatic rings. The first-order valence-corrected chi connectivity index (χ1v) is 18.4. The zero-order valence-electron chi connectivity index (χ0n) is 29.4. The van der Waals surface area contributed by atoms with E-state index in [2.05, 4.69) is 20.5 Å². The van der Waals surface area contributed by atoms with Crippen molar-refractivity contribution in [1.82, 2.24) is 4.98 Å². The Labute approximate surface area is 310 Å². The lowest BCUT2D eigenvalue weighted by Crippen LogP contribution is -2.59. The molecule has 0 radical (unpaired) electrons. The largest absolute Gasteiger partial charge is 0.495 e. The van der Waals surface area contributed by atoms with Crippen LogP contribution in [0.5, 0.6) is 5.75 Å². The topological polar surface area (TPSA) is 113 Å². The molecule has 2 aromatic heterocycles. The van der Waals surface area contributed by atoms with Gasteiger partial charge in [0.25, 0.3) is 17.7 Å². The van der Waals surface area contributed by atoms with E-state index < -0.39 is 5.82 Å².